The maximum Gasteiger partial charge on any atom is 0.0679 e. The summed E-state index contributed by atoms with van der Waals surface area (Å²) in [6, 6.07) is 2.42. The van der Waals surface area contributed by atoms with Crippen molar-refractivity contribution in [3.8, 4) is 6.07 Å². The van der Waals surface area contributed by atoms with Crippen molar-refractivity contribution in [2.45, 2.75) is 31.8 Å². The number of nitriles is 1. The number of hydrogen-bond acceptors (Lipinski definition) is 3. The van der Waals surface area contributed by atoms with Crippen molar-refractivity contribution in [1.82, 2.24) is 4.90 Å². The maximum atomic E-state index is 9.37. The molecule has 1 aliphatic carbocycles. The summed E-state index contributed by atoms with van der Waals surface area (Å²) in [7, 11) is 0. The molecular formula is C11H18N2O. The molecule has 1 saturated carbocycles. The molecule has 14 heavy (non-hydrogen) atoms. The molecule has 2 atom stereocenters. The summed E-state index contributed by atoms with van der Waals surface area (Å²) in [5.74, 6) is 0.840. The molecule has 1 N–H and O–H groups in total. The first-order chi connectivity index (χ1) is 6.79. The Bertz CT molecular complexity index is 232. The number of nitrogens with zero attached hydrogens (tertiary/aromatic N) is 2. The van der Waals surface area contributed by atoms with Gasteiger partial charge in [0, 0.05) is 19.6 Å². The predicted octanol–water partition coefficient (Wildman–Crippen LogP) is 0.993. The van der Waals surface area contributed by atoms with Gasteiger partial charge in [-0.2, -0.15) is 5.26 Å². The first-order valence-electron chi connectivity index (χ1n) is 5.59. The van der Waals surface area contributed by atoms with Crippen LogP contribution in [0, 0.1) is 23.2 Å². The summed E-state index contributed by atoms with van der Waals surface area (Å²) >= 11 is 0. The molecule has 1 heterocycles. The van der Waals surface area contributed by atoms with Crippen molar-refractivity contribution >= 4 is 0 Å². The number of β-amino-alcohol motifs (C(OH)–C–C–N with tert-alkyl or cyclic N) is 1. The molecule has 1 unspecified atom stereocenters. The second-order valence-corrected chi connectivity index (χ2v) is 4.63. The van der Waals surface area contributed by atoms with Gasteiger partial charge in [0.05, 0.1) is 18.1 Å². The Hall–Kier alpha value is -0.590. The molecule has 3 heteroatoms. The van der Waals surface area contributed by atoms with E-state index in [1.165, 1.54) is 19.3 Å². The molecule has 2 rings (SSSR count). The predicted molar refractivity (Wildman–Crippen MR) is 53.5 cm³/mol. The van der Waals surface area contributed by atoms with Crippen molar-refractivity contribution in [3.05, 3.63) is 0 Å². The van der Waals surface area contributed by atoms with Crippen LogP contribution in [-0.4, -0.2) is 35.7 Å². The number of aliphatic hydroxyl groups excluding tert-OH is 1. The van der Waals surface area contributed by atoms with E-state index in [0.717, 1.165) is 26.1 Å². The van der Waals surface area contributed by atoms with Gasteiger partial charge >= 0.3 is 0 Å². The van der Waals surface area contributed by atoms with Gasteiger partial charge in [0.25, 0.3) is 0 Å². The minimum absolute atomic E-state index is 0.157. The Morgan fingerprint density at radius 2 is 2.21 bits per heavy atom. The molecule has 0 aromatic heterocycles. The summed E-state index contributed by atoms with van der Waals surface area (Å²) in [6.45, 7) is 2.61. The molecule has 0 bridgehead atoms. The third-order valence-corrected chi connectivity index (χ3v) is 3.59. The largest absolute Gasteiger partial charge is 0.392 e. The highest BCUT2D eigenvalue weighted by molar-refractivity contribution is 4.94. The van der Waals surface area contributed by atoms with E-state index < -0.39 is 0 Å². The standard InChI is InChI=1S/C11H18N2O/c12-6-10(9-2-1-3-9)7-13-5-4-11(14)8-13/h9-11,14H,1-5,7-8H2/t10?,11-/m1/s1. The highest BCUT2D eigenvalue weighted by Gasteiger charge is 2.30. The first kappa shape index (κ1) is 9.95. The highest BCUT2D eigenvalue weighted by atomic mass is 16.3. The van der Waals surface area contributed by atoms with Crippen molar-refractivity contribution < 1.29 is 5.11 Å². The Labute approximate surface area is 85.3 Å². The molecule has 0 aromatic rings. The van der Waals surface area contributed by atoms with Gasteiger partial charge in [0.1, 0.15) is 0 Å². The molecule has 0 amide bonds. The number of aliphatic hydroxyl groups is 1. The molecule has 0 spiro atoms. The van der Waals surface area contributed by atoms with Gasteiger partial charge in [0.2, 0.25) is 0 Å². The fourth-order valence-electron chi connectivity index (χ4n) is 2.39. The number of hydrogen-bond donors (Lipinski definition) is 1. The molecule has 2 aliphatic rings. The lowest BCUT2D eigenvalue weighted by molar-refractivity contribution is 0.155. The van der Waals surface area contributed by atoms with Gasteiger partial charge in [-0.15, -0.1) is 0 Å². The second-order valence-electron chi connectivity index (χ2n) is 4.63. The molecule has 2 fully saturated rings. The molecular weight excluding hydrogens is 176 g/mol. The van der Waals surface area contributed by atoms with E-state index in [0.29, 0.717) is 5.92 Å². The first-order valence-corrected chi connectivity index (χ1v) is 5.59. The van der Waals surface area contributed by atoms with Crippen molar-refractivity contribution in [2.75, 3.05) is 19.6 Å². The van der Waals surface area contributed by atoms with Crippen LogP contribution in [0.3, 0.4) is 0 Å². The van der Waals surface area contributed by atoms with E-state index in [9.17, 15) is 5.11 Å². The number of rotatable bonds is 3. The molecule has 1 aliphatic heterocycles. The molecule has 3 nitrogen and oxygen atoms in total. The highest BCUT2D eigenvalue weighted by Crippen LogP contribution is 2.33. The maximum absolute atomic E-state index is 9.37. The fourth-order valence-corrected chi connectivity index (χ4v) is 2.39. The average Bonchev–Trinajstić information content (AvgIpc) is 2.47. The van der Waals surface area contributed by atoms with Gasteiger partial charge in [-0.05, 0) is 25.2 Å². The van der Waals surface area contributed by atoms with Crippen LogP contribution in [0.2, 0.25) is 0 Å². The monoisotopic (exact) mass is 194 g/mol. The molecule has 78 valence electrons. The van der Waals surface area contributed by atoms with Crippen molar-refractivity contribution in [2.24, 2.45) is 11.8 Å². The lowest BCUT2D eigenvalue weighted by atomic mass is 9.76. The van der Waals surface area contributed by atoms with Gasteiger partial charge in [-0.3, -0.25) is 4.90 Å². The van der Waals surface area contributed by atoms with Crippen LogP contribution in [0.5, 0.6) is 0 Å². The Balaban J connectivity index is 1.80. The normalized spacial score (nSPS) is 31.0. The van der Waals surface area contributed by atoms with Crippen LogP contribution in [0.15, 0.2) is 0 Å². The smallest absolute Gasteiger partial charge is 0.0679 e. The van der Waals surface area contributed by atoms with Gasteiger partial charge < -0.3 is 5.11 Å². The summed E-state index contributed by atoms with van der Waals surface area (Å²) in [6.07, 6.45) is 4.48. The lowest BCUT2D eigenvalue weighted by Crippen LogP contribution is -2.33. The second kappa shape index (κ2) is 4.29. The molecule has 0 aromatic carbocycles. The Morgan fingerprint density at radius 1 is 1.43 bits per heavy atom. The van der Waals surface area contributed by atoms with E-state index in [4.69, 9.17) is 5.26 Å². The molecule has 0 radical (unpaired) electrons. The van der Waals surface area contributed by atoms with Crippen LogP contribution in [0.4, 0.5) is 0 Å². The van der Waals surface area contributed by atoms with Crippen molar-refractivity contribution in [1.29, 1.82) is 5.26 Å². The van der Waals surface area contributed by atoms with Crippen LogP contribution < -0.4 is 0 Å². The van der Waals surface area contributed by atoms with Crippen LogP contribution in [0.25, 0.3) is 0 Å². The summed E-state index contributed by atoms with van der Waals surface area (Å²) in [5, 5.41) is 18.4. The van der Waals surface area contributed by atoms with E-state index in [1.54, 1.807) is 0 Å². The topological polar surface area (TPSA) is 47.3 Å². The fraction of sp³-hybridized carbons (Fsp3) is 0.909. The van der Waals surface area contributed by atoms with Crippen LogP contribution in [-0.2, 0) is 0 Å². The third kappa shape index (κ3) is 2.08. The van der Waals surface area contributed by atoms with Gasteiger partial charge in [-0.25, -0.2) is 0 Å². The van der Waals surface area contributed by atoms with Gasteiger partial charge in [-0.1, -0.05) is 6.42 Å². The summed E-state index contributed by atoms with van der Waals surface area (Å²) in [5.41, 5.74) is 0. The summed E-state index contributed by atoms with van der Waals surface area (Å²) in [4.78, 5) is 2.23. The Morgan fingerprint density at radius 3 is 2.64 bits per heavy atom. The summed E-state index contributed by atoms with van der Waals surface area (Å²) < 4.78 is 0. The zero-order valence-electron chi connectivity index (χ0n) is 8.52. The van der Waals surface area contributed by atoms with Gasteiger partial charge in [0.15, 0.2) is 0 Å². The minimum Gasteiger partial charge on any atom is -0.392 e. The third-order valence-electron chi connectivity index (χ3n) is 3.59. The lowest BCUT2D eigenvalue weighted by Gasteiger charge is -2.31. The van der Waals surface area contributed by atoms with E-state index >= 15 is 0 Å². The van der Waals surface area contributed by atoms with E-state index in [-0.39, 0.29) is 12.0 Å². The van der Waals surface area contributed by atoms with Crippen LogP contribution in [0.1, 0.15) is 25.7 Å². The van der Waals surface area contributed by atoms with Crippen LogP contribution >= 0.6 is 0 Å². The minimum atomic E-state index is -0.157. The van der Waals surface area contributed by atoms with Crippen molar-refractivity contribution in [3.63, 3.8) is 0 Å². The zero-order chi connectivity index (χ0) is 9.97. The van der Waals surface area contributed by atoms with E-state index in [2.05, 4.69) is 11.0 Å². The molecule has 1 saturated heterocycles. The average molecular weight is 194 g/mol. The quantitative estimate of drug-likeness (QED) is 0.729. The number of likely N-dealkylation sites (tertiary alicyclic amines) is 1. The zero-order valence-corrected chi connectivity index (χ0v) is 8.52. The van der Waals surface area contributed by atoms with E-state index in [1.807, 2.05) is 0 Å². The SMILES string of the molecule is N#CC(CN1CC[C@@H](O)C1)C1CCC1. The Kier molecular flexibility index (Phi) is 3.05.